The van der Waals surface area contributed by atoms with Crippen LogP contribution in [0.1, 0.15) is 47.4 Å². The maximum atomic E-state index is 13.1. The Kier molecular flexibility index (Phi) is 7.76. The van der Waals surface area contributed by atoms with Gasteiger partial charge in [-0.3, -0.25) is 14.7 Å². The van der Waals surface area contributed by atoms with Crippen LogP contribution in [0.2, 0.25) is 0 Å². The highest BCUT2D eigenvalue weighted by Gasteiger charge is 2.31. The molecule has 2 atom stereocenters. The maximum Gasteiger partial charge on any atom is 0.254 e. The van der Waals surface area contributed by atoms with E-state index in [0.29, 0.717) is 18.1 Å². The van der Waals surface area contributed by atoms with E-state index in [2.05, 4.69) is 22.0 Å². The van der Waals surface area contributed by atoms with Crippen molar-refractivity contribution < 1.29 is 14.3 Å². The molecule has 2 aromatic rings. The smallest absolute Gasteiger partial charge is 0.254 e. The van der Waals surface area contributed by atoms with Gasteiger partial charge in [-0.1, -0.05) is 18.6 Å². The zero-order valence-electron chi connectivity index (χ0n) is 19.3. The van der Waals surface area contributed by atoms with Crippen LogP contribution in [0.25, 0.3) is 0 Å². The number of nitrogens with zero attached hydrogens (tertiary/aromatic N) is 3. The molecule has 1 fully saturated rings. The molecule has 0 radical (unpaired) electrons. The Hall–Kier alpha value is -2.44. The van der Waals surface area contributed by atoms with Gasteiger partial charge in [0.05, 0.1) is 11.8 Å². The Morgan fingerprint density at radius 1 is 1.09 bits per heavy atom. The number of rotatable bonds is 3. The van der Waals surface area contributed by atoms with Gasteiger partial charge in [0.25, 0.3) is 5.91 Å². The van der Waals surface area contributed by atoms with Gasteiger partial charge < -0.3 is 14.4 Å². The lowest BCUT2D eigenvalue weighted by Crippen LogP contribution is -2.46. The molecule has 1 aromatic carbocycles. The number of benzene rings is 1. The van der Waals surface area contributed by atoms with Crippen molar-refractivity contribution in [2.24, 2.45) is 5.92 Å². The molecule has 0 N–H and O–H groups in total. The van der Waals surface area contributed by atoms with Gasteiger partial charge in [-0.05, 0) is 63.1 Å². The molecule has 172 valence electrons. The van der Waals surface area contributed by atoms with Crippen LogP contribution in [-0.4, -0.2) is 66.7 Å². The average Bonchev–Trinajstić information content (AvgIpc) is 2.81. The summed E-state index contributed by atoms with van der Waals surface area (Å²) in [7, 11) is 1.80. The lowest BCUT2D eigenvalue weighted by molar-refractivity contribution is -0.00676. The molecule has 4 bridgehead atoms. The summed E-state index contributed by atoms with van der Waals surface area (Å²) in [5, 5.41) is 0. The maximum absolute atomic E-state index is 13.1. The number of fused-ring (bicyclic) bond motifs is 4. The number of amides is 1. The molecular formula is C26H35N3O3. The number of hydrogen-bond donors (Lipinski definition) is 0. The van der Waals surface area contributed by atoms with Crippen LogP contribution in [0.15, 0.2) is 42.5 Å². The molecule has 6 nitrogen and oxygen atoms in total. The van der Waals surface area contributed by atoms with Crippen molar-refractivity contribution in [3.8, 4) is 5.75 Å². The van der Waals surface area contributed by atoms with E-state index in [0.717, 1.165) is 75.5 Å². The molecule has 2 aliphatic rings. The summed E-state index contributed by atoms with van der Waals surface area (Å²) >= 11 is 0. The largest absolute Gasteiger partial charge is 0.492 e. The van der Waals surface area contributed by atoms with Gasteiger partial charge in [-0.15, -0.1) is 0 Å². The van der Waals surface area contributed by atoms with E-state index in [-0.39, 0.29) is 12.0 Å². The van der Waals surface area contributed by atoms with Crippen LogP contribution >= 0.6 is 0 Å². The Bertz CT molecular complexity index is 903. The minimum absolute atomic E-state index is 0.0945. The third kappa shape index (κ3) is 5.87. The molecule has 0 spiro atoms. The minimum Gasteiger partial charge on any atom is -0.492 e. The fraction of sp³-hybridized carbons (Fsp3) is 0.538. The molecule has 6 heteroatoms. The lowest BCUT2D eigenvalue weighted by atomic mass is 9.89. The van der Waals surface area contributed by atoms with Gasteiger partial charge in [0.2, 0.25) is 0 Å². The Morgan fingerprint density at radius 3 is 2.81 bits per heavy atom. The van der Waals surface area contributed by atoms with E-state index < -0.39 is 0 Å². The Labute approximate surface area is 191 Å². The molecule has 4 rings (SSSR count). The van der Waals surface area contributed by atoms with Crippen LogP contribution in [-0.2, 0) is 11.3 Å². The second-order valence-electron chi connectivity index (χ2n) is 8.99. The van der Waals surface area contributed by atoms with Crippen LogP contribution in [0.5, 0.6) is 5.75 Å². The highest BCUT2D eigenvalue weighted by Crippen LogP contribution is 2.27. The summed E-state index contributed by atoms with van der Waals surface area (Å²) in [6.07, 6.45) is 4.44. The van der Waals surface area contributed by atoms with Crippen molar-refractivity contribution >= 4 is 5.91 Å². The molecule has 32 heavy (non-hydrogen) atoms. The van der Waals surface area contributed by atoms with Crippen LogP contribution in [0.4, 0.5) is 0 Å². The van der Waals surface area contributed by atoms with Crippen molar-refractivity contribution in [2.45, 2.75) is 45.3 Å². The quantitative estimate of drug-likeness (QED) is 0.728. The summed E-state index contributed by atoms with van der Waals surface area (Å²) in [6.45, 7) is 6.78. The van der Waals surface area contributed by atoms with Crippen molar-refractivity contribution in [3.63, 3.8) is 0 Å². The van der Waals surface area contributed by atoms with Gasteiger partial charge >= 0.3 is 0 Å². The SMILES string of the molecule is CO[C@H]1CCN2C[C@H]1CCCCN(Cc1cccc(C)n1)CCOc1cccc(c1)C2=O. The van der Waals surface area contributed by atoms with Crippen molar-refractivity contribution in [1.29, 1.82) is 0 Å². The van der Waals surface area contributed by atoms with Gasteiger partial charge in [-0.25, -0.2) is 0 Å². The zero-order chi connectivity index (χ0) is 22.3. The highest BCUT2D eigenvalue weighted by molar-refractivity contribution is 5.94. The van der Waals surface area contributed by atoms with Gasteiger partial charge in [-0.2, -0.15) is 0 Å². The number of carbonyl (C=O) groups is 1. The molecule has 2 aliphatic heterocycles. The molecule has 1 amide bonds. The molecule has 0 aliphatic carbocycles. The third-order valence-electron chi connectivity index (χ3n) is 6.64. The number of pyridine rings is 1. The van der Waals surface area contributed by atoms with E-state index in [1.54, 1.807) is 7.11 Å². The van der Waals surface area contributed by atoms with Crippen molar-refractivity contribution in [2.75, 3.05) is 39.9 Å². The third-order valence-corrected chi connectivity index (χ3v) is 6.64. The molecule has 0 saturated carbocycles. The number of ether oxygens (including phenoxy) is 2. The van der Waals surface area contributed by atoms with E-state index in [4.69, 9.17) is 9.47 Å². The monoisotopic (exact) mass is 437 g/mol. The van der Waals surface area contributed by atoms with Gasteiger partial charge in [0.15, 0.2) is 0 Å². The zero-order valence-corrected chi connectivity index (χ0v) is 19.3. The molecular weight excluding hydrogens is 402 g/mol. The number of aryl methyl sites for hydroxylation is 1. The lowest BCUT2D eigenvalue weighted by Gasteiger charge is -2.38. The van der Waals surface area contributed by atoms with Crippen LogP contribution < -0.4 is 4.74 Å². The van der Waals surface area contributed by atoms with Crippen molar-refractivity contribution in [1.82, 2.24) is 14.8 Å². The van der Waals surface area contributed by atoms with Crippen LogP contribution in [0.3, 0.4) is 0 Å². The minimum atomic E-state index is 0.0945. The van der Waals surface area contributed by atoms with Gasteiger partial charge in [0, 0.05) is 50.5 Å². The first-order valence-electron chi connectivity index (χ1n) is 11.8. The summed E-state index contributed by atoms with van der Waals surface area (Å²) < 4.78 is 11.8. The van der Waals surface area contributed by atoms with Crippen molar-refractivity contribution in [3.05, 3.63) is 59.4 Å². The summed E-state index contributed by atoms with van der Waals surface area (Å²) in [6, 6.07) is 13.8. The van der Waals surface area contributed by atoms with E-state index in [1.807, 2.05) is 42.2 Å². The predicted octanol–water partition coefficient (Wildman–Crippen LogP) is 3.93. The Morgan fingerprint density at radius 2 is 1.97 bits per heavy atom. The standard InChI is InChI=1S/C26H35N3O3/c1-20-7-5-10-23(27-20)19-28-13-4-3-8-22-18-29(14-12-25(22)31-2)26(30)21-9-6-11-24(17-21)32-16-15-28/h5-7,9-11,17,22,25H,3-4,8,12-16,18-19H2,1-2H3/t22-,25+/m1/s1. The molecule has 1 saturated heterocycles. The number of piperidine rings is 1. The summed E-state index contributed by atoms with van der Waals surface area (Å²) in [4.78, 5) is 22.3. The summed E-state index contributed by atoms with van der Waals surface area (Å²) in [5.74, 6) is 1.23. The van der Waals surface area contributed by atoms with Gasteiger partial charge in [0.1, 0.15) is 12.4 Å². The molecule has 0 unspecified atom stereocenters. The average molecular weight is 438 g/mol. The number of aromatic nitrogens is 1. The number of methoxy groups -OCH3 is 1. The predicted molar refractivity (Wildman–Crippen MR) is 125 cm³/mol. The first-order valence-corrected chi connectivity index (χ1v) is 11.8. The van der Waals surface area contributed by atoms with Crippen LogP contribution in [0, 0.1) is 12.8 Å². The number of carbonyl (C=O) groups excluding carboxylic acids is 1. The second kappa shape index (κ2) is 10.9. The fourth-order valence-corrected chi connectivity index (χ4v) is 4.91. The molecule has 1 aromatic heterocycles. The fourth-order valence-electron chi connectivity index (χ4n) is 4.91. The molecule has 3 heterocycles. The van der Waals surface area contributed by atoms with E-state index in [1.165, 1.54) is 0 Å². The first kappa shape index (κ1) is 22.7. The Balaban J connectivity index is 1.50. The number of hydrogen-bond acceptors (Lipinski definition) is 5. The topological polar surface area (TPSA) is 54.9 Å². The van der Waals surface area contributed by atoms with E-state index >= 15 is 0 Å². The highest BCUT2D eigenvalue weighted by atomic mass is 16.5. The van der Waals surface area contributed by atoms with E-state index in [9.17, 15) is 4.79 Å². The summed E-state index contributed by atoms with van der Waals surface area (Å²) in [5.41, 5.74) is 2.84. The first-order chi connectivity index (χ1) is 15.6. The normalized spacial score (nSPS) is 23.2. The second-order valence-corrected chi connectivity index (χ2v) is 8.99.